The van der Waals surface area contributed by atoms with Gasteiger partial charge in [0.15, 0.2) is 0 Å². The average molecular weight is 272 g/mol. The van der Waals surface area contributed by atoms with Crippen LogP contribution in [0, 0.1) is 0 Å². The highest BCUT2D eigenvalue weighted by atomic mass is 16.5. The fourth-order valence-electron chi connectivity index (χ4n) is 2.07. The molecule has 1 aromatic heterocycles. The first-order valence-electron chi connectivity index (χ1n) is 6.85. The van der Waals surface area contributed by atoms with Gasteiger partial charge in [0, 0.05) is 30.1 Å². The molecule has 0 radical (unpaired) electrons. The first-order valence-corrected chi connectivity index (χ1v) is 6.85. The molecule has 2 rings (SSSR count). The largest absolute Gasteiger partial charge is 0.490 e. The predicted molar refractivity (Wildman–Crippen MR) is 81.0 cm³/mol. The van der Waals surface area contributed by atoms with E-state index in [0.717, 1.165) is 23.1 Å². The van der Waals surface area contributed by atoms with Crippen molar-refractivity contribution in [2.24, 2.45) is 0 Å². The first-order chi connectivity index (χ1) is 9.74. The summed E-state index contributed by atoms with van der Waals surface area (Å²) in [5.41, 5.74) is 2.26. The van der Waals surface area contributed by atoms with Gasteiger partial charge in [-0.1, -0.05) is 19.6 Å². The molecule has 0 fully saturated rings. The highest BCUT2D eigenvalue weighted by molar-refractivity contribution is 5.84. The van der Waals surface area contributed by atoms with Crippen LogP contribution in [0.5, 0.6) is 5.75 Å². The van der Waals surface area contributed by atoms with E-state index in [0.29, 0.717) is 19.6 Å². The van der Waals surface area contributed by atoms with Crippen molar-refractivity contribution in [3.8, 4) is 5.75 Å². The normalized spacial score (nSPS) is 10.4. The summed E-state index contributed by atoms with van der Waals surface area (Å²) in [7, 11) is 0. The minimum Gasteiger partial charge on any atom is -0.490 e. The van der Waals surface area contributed by atoms with Crippen molar-refractivity contribution in [2.45, 2.75) is 19.8 Å². The molecule has 106 valence electrons. The predicted octanol–water partition coefficient (Wildman–Crippen LogP) is 2.80. The van der Waals surface area contributed by atoms with Crippen LogP contribution in [-0.4, -0.2) is 24.0 Å². The second-order valence-electron chi connectivity index (χ2n) is 4.57. The summed E-state index contributed by atoms with van der Waals surface area (Å²) >= 11 is 0. The Labute approximate surface area is 118 Å². The number of ether oxygens (including phenoxy) is 1. The Morgan fingerprint density at radius 2 is 2.35 bits per heavy atom. The van der Waals surface area contributed by atoms with Crippen molar-refractivity contribution in [3.05, 3.63) is 42.6 Å². The number of amides is 1. The molecular weight excluding hydrogens is 252 g/mol. The lowest BCUT2D eigenvalue weighted by Gasteiger charge is -2.05. The smallest absolute Gasteiger partial charge is 0.219 e. The quantitative estimate of drug-likeness (QED) is 0.761. The fraction of sp³-hybridized carbons (Fsp3) is 0.312. The number of aromatic nitrogens is 1. The zero-order chi connectivity index (χ0) is 14.4. The molecule has 0 unspecified atom stereocenters. The molecule has 0 aliphatic heterocycles. The standard InChI is InChI=1S/C16H20N2O2/c1-3-9-20-13-5-6-15-14(10-13)12(11-18-15)7-8-17-16(19)4-2/h3,5-6,10-11,18H,1,4,7-9H2,2H3,(H,17,19). The number of fused-ring (bicyclic) bond motifs is 1. The lowest BCUT2D eigenvalue weighted by atomic mass is 10.1. The maximum atomic E-state index is 11.2. The number of nitrogens with one attached hydrogen (secondary N) is 2. The van der Waals surface area contributed by atoms with Crippen LogP contribution >= 0.6 is 0 Å². The van der Waals surface area contributed by atoms with Crippen LogP contribution < -0.4 is 10.1 Å². The van der Waals surface area contributed by atoms with E-state index < -0.39 is 0 Å². The molecule has 0 bridgehead atoms. The zero-order valence-corrected chi connectivity index (χ0v) is 11.7. The Morgan fingerprint density at radius 3 is 3.10 bits per heavy atom. The number of aromatic amines is 1. The Kier molecular flexibility index (Phi) is 4.82. The highest BCUT2D eigenvalue weighted by Gasteiger charge is 2.06. The van der Waals surface area contributed by atoms with Crippen molar-refractivity contribution >= 4 is 16.8 Å². The van der Waals surface area contributed by atoms with Crippen LogP contribution in [0.15, 0.2) is 37.1 Å². The number of H-pyrrole nitrogens is 1. The summed E-state index contributed by atoms with van der Waals surface area (Å²) in [6.45, 7) is 6.64. The van der Waals surface area contributed by atoms with Crippen LogP contribution in [0.4, 0.5) is 0 Å². The van der Waals surface area contributed by atoms with Gasteiger partial charge in [-0.2, -0.15) is 0 Å². The van der Waals surface area contributed by atoms with Crippen LogP contribution in [0.3, 0.4) is 0 Å². The Morgan fingerprint density at radius 1 is 1.50 bits per heavy atom. The second-order valence-corrected chi connectivity index (χ2v) is 4.57. The van der Waals surface area contributed by atoms with Gasteiger partial charge >= 0.3 is 0 Å². The zero-order valence-electron chi connectivity index (χ0n) is 11.7. The molecule has 2 aromatic rings. The Hall–Kier alpha value is -2.23. The molecule has 4 nitrogen and oxygen atoms in total. The van der Waals surface area contributed by atoms with Gasteiger partial charge in [0.05, 0.1) is 0 Å². The molecule has 0 atom stereocenters. The van der Waals surface area contributed by atoms with Gasteiger partial charge in [-0.05, 0) is 30.2 Å². The summed E-state index contributed by atoms with van der Waals surface area (Å²) in [4.78, 5) is 14.5. The third kappa shape index (κ3) is 3.41. The molecule has 0 spiro atoms. The molecule has 2 N–H and O–H groups in total. The van der Waals surface area contributed by atoms with Gasteiger partial charge in [-0.15, -0.1) is 0 Å². The maximum absolute atomic E-state index is 11.2. The number of rotatable bonds is 7. The van der Waals surface area contributed by atoms with Crippen molar-refractivity contribution in [3.63, 3.8) is 0 Å². The number of carbonyl (C=O) groups excluding carboxylic acids is 1. The van der Waals surface area contributed by atoms with Gasteiger partial charge in [-0.3, -0.25) is 4.79 Å². The van der Waals surface area contributed by atoms with Crippen LogP contribution in [0.2, 0.25) is 0 Å². The molecule has 0 saturated carbocycles. The van der Waals surface area contributed by atoms with Crippen molar-refractivity contribution in [1.82, 2.24) is 10.3 Å². The van der Waals surface area contributed by atoms with E-state index in [9.17, 15) is 4.79 Å². The van der Waals surface area contributed by atoms with Gasteiger partial charge in [-0.25, -0.2) is 0 Å². The lowest BCUT2D eigenvalue weighted by Crippen LogP contribution is -2.24. The third-order valence-electron chi connectivity index (χ3n) is 3.14. The maximum Gasteiger partial charge on any atom is 0.219 e. The SMILES string of the molecule is C=CCOc1ccc2[nH]cc(CCNC(=O)CC)c2c1. The van der Waals surface area contributed by atoms with E-state index in [4.69, 9.17) is 4.74 Å². The van der Waals surface area contributed by atoms with Gasteiger partial charge in [0.25, 0.3) is 0 Å². The second kappa shape index (κ2) is 6.80. The number of hydrogen-bond donors (Lipinski definition) is 2. The molecule has 0 aliphatic carbocycles. The third-order valence-corrected chi connectivity index (χ3v) is 3.14. The average Bonchev–Trinajstić information content (AvgIpc) is 2.87. The number of hydrogen-bond acceptors (Lipinski definition) is 2. The molecular formula is C16H20N2O2. The van der Waals surface area contributed by atoms with Gasteiger partial charge in [0.1, 0.15) is 12.4 Å². The fourth-order valence-corrected chi connectivity index (χ4v) is 2.07. The van der Waals surface area contributed by atoms with Gasteiger partial charge in [0.2, 0.25) is 5.91 Å². The molecule has 0 saturated heterocycles. The number of benzene rings is 1. The Balaban J connectivity index is 2.08. The molecule has 1 heterocycles. The first kappa shape index (κ1) is 14.2. The summed E-state index contributed by atoms with van der Waals surface area (Å²) in [6, 6.07) is 5.96. The molecule has 4 heteroatoms. The van der Waals surface area contributed by atoms with E-state index in [1.807, 2.05) is 31.3 Å². The molecule has 1 aromatic carbocycles. The summed E-state index contributed by atoms with van der Waals surface area (Å²) in [6.07, 6.45) is 5.03. The highest BCUT2D eigenvalue weighted by Crippen LogP contribution is 2.24. The molecule has 0 aliphatic rings. The van der Waals surface area contributed by atoms with Crippen LogP contribution in [0.25, 0.3) is 10.9 Å². The van der Waals surface area contributed by atoms with E-state index in [1.54, 1.807) is 6.08 Å². The van der Waals surface area contributed by atoms with E-state index in [-0.39, 0.29) is 5.91 Å². The van der Waals surface area contributed by atoms with E-state index >= 15 is 0 Å². The summed E-state index contributed by atoms with van der Waals surface area (Å²) in [5.74, 6) is 0.913. The van der Waals surface area contributed by atoms with Crippen LogP contribution in [-0.2, 0) is 11.2 Å². The van der Waals surface area contributed by atoms with E-state index in [1.165, 1.54) is 5.56 Å². The molecule has 1 amide bonds. The lowest BCUT2D eigenvalue weighted by molar-refractivity contribution is -0.120. The topological polar surface area (TPSA) is 54.1 Å². The molecule has 20 heavy (non-hydrogen) atoms. The van der Waals surface area contributed by atoms with Crippen molar-refractivity contribution in [1.29, 1.82) is 0 Å². The minimum absolute atomic E-state index is 0.0832. The minimum atomic E-state index is 0.0832. The summed E-state index contributed by atoms with van der Waals surface area (Å²) in [5, 5.41) is 4.02. The van der Waals surface area contributed by atoms with Crippen molar-refractivity contribution in [2.75, 3.05) is 13.2 Å². The summed E-state index contributed by atoms with van der Waals surface area (Å²) < 4.78 is 5.55. The van der Waals surface area contributed by atoms with Gasteiger partial charge < -0.3 is 15.0 Å². The monoisotopic (exact) mass is 272 g/mol. The van der Waals surface area contributed by atoms with E-state index in [2.05, 4.69) is 16.9 Å². The Bertz CT molecular complexity index is 602. The number of carbonyl (C=O) groups is 1. The van der Waals surface area contributed by atoms with Crippen LogP contribution in [0.1, 0.15) is 18.9 Å². The van der Waals surface area contributed by atoms with Crippen molar-refractivity contribution < 1.29 is 9.53 Å².